The zero-order valence-electron chi connectivity index (χ0n) is 9.57. The van der Waals surface area contributed by atoms with Gasteiger partial charge in [0, 0.05) is 0 Å². The molecule has 1 amide bonds. The van der Waals surface area contributed by atoms with Crippen LogP contribution in [0.5, 0.6) is 0 Å². The Morgan fingerprint density at radius 1 is 1.25 bits per heavy atom. The fourth-order valence-electron chi connectivity index (χ4n) is 2.40. The molecule has 2 aliphatic rings. The predicted octanol–water partition coefficient (Wildman–Crippen LogP) is 2.56. The van der Waals surface area contributed by atoms with Gasteiger partial charge in [-0.15, -0.1) is 0 Å². The summed E-state index contributed by atoms with van der Waals surface area (Å²) in [6.07, 6.45) is -0.287. The average molecular weight is 218 g/mol. The van der Waals surface area contributed by atoms with Crippen molar-refractivity contribution in [2.24, 2.45) is 0 Å². The summed E-state index contributed by atoms with van der Waals surface area (Å²) in [6.45, 7) is 5.82. The van der Waals surface area contributed by atoms with Gasteiger partial charge in [-0.3, -0.25) is 0 Å². The van der Waals surface area contributed by atoms with Gasteiger partial charge in [0.15, 0.2) is 11.3 Å². The van der Waals surface area contributed by atoms with Gasteiger partial charge in [-0.2, -0.15) is 0 Å². The molecule has 4 heteroatoms. The fraction of sp³-hybridized carbons (Fsp3) is 0.417. The van der Waals surface area contributed by atoms with Crippen LogP contribution in [0.2, 0.25) is 0 Å². The molecule has 16 heavy (non-hydrogen) atoms. The van der Waals surface area contributed by atoms with E-state index in [2.05, 4.69) is 5.32 Å². The Balaban J connectivity index is 2.20. The molecule has 3 rings (SSSR count). The number of ether oxygens (including phenoxy) is 1. The van der Waals surface area contributed by atoms with Crippen molar-refractivity contribution < 1.29 is 9.53 Å². The smallest absolute Gasteiger partial charge is 0.417 e. The maximum absolute atomic E-state index is 11.9. The molecule has 1 unspecified atom stereocenters. The number of nitrogens with zero attached hydrogens (tertiary/aromatic N) is 1. The van der Waals surface area contributed by atoms with E-state index in [-0.39, 0.29) is 6.09 Å². The molecule has 0 radical (unpaired) electrons. The van der Waals surface area contributed by atoms with Gasteiger partial charge in [0.1, 0.15) is 0 Å². The van der Waals surface area contributed by atoms with Crippen molar-refractivity contribution in [1.82, 2.24) is 0 Å². The minimum Gasteiger partial charge on any atom is -0.439 e. The Morgan fingerprint density at radius 2 is 1.94 bits per heavy atom. The molecular formula is C12H14N2O2. The number of carbonyl (C=O) groups excluding carboxylic acids is 1. The minimum absolute atomic E-state index is 0.287. The number of cyclic esters (lactones) is 1. The van der Waals surface area contributed by atoms with E-state index in [1.54, 1.807) is 4.90 Å². The van der Waals surface area contributed by atoms with E-state index in [9.17, 15) is 4.79 Å². The average Bonchev–Trinajstić information content (AvgIpc) is 2.58. The van der Waals surface area contributed by atoms with Crippen LogP contribution in [0.4, 0.5) is 16.2 Å². The number of nitrogens with one attached hydrogen (secondary N) is 1. The molecule has 0 saturated carbocycles. The summed E-state index contributed by atoms with van der Waals surface area (Å²) < 4.78 is 5.40. The maximum Gasteiger partial charge on any atom is 0.417 e. The number of hydrogen-bond acceptors (Lipinski definition) is 3. The first kappa shape index (κ1) is 9.51. The van der Waals surface area contributed by atoms with Gasteiger partial charge in [0.05, 0.1) is 11.4 Å². The third-order valence-corrected chi connectivity index (χ3v) is 3.67. The Hall–Kier alpha value is -1.71. The van der Waals surface area contributed by atoms with E-state index in [0.29, 0.717) is 0 Å². The van der Waals surface area contributed by atoms with Crippen molar-refractivity contribution in [3.63, 3.8) is 0 Å². The molecule has 2 aliphatic heterocycles. The lowest BCUT2D eigenvalue weighted by Gasteiger charge is -2.35. The highest BCUT2D eigenvalue weighted by Gasteiger charge is 2.61. The van der Waals surface area contributed by atoms with Crippen LogP contribution in [0.1, 0.15) is 20.8 Å². The number of benzene rings is 1. The molecule has 1 saturated heterocycles. The van der Waals surface area contributed by atoms with Crippen molar-refractivity contribution in [2.45, 2.75) is 32.0 Å². The number of rotatable bonds is 0. The third-order valence-electron chi connectivity index (χ3n) is 3.67. The summed E-state index contributed by atoms with van der Waals surface area (Å²) in [5, 5.41) is 3.37. The van der Waals surface area contributed by atoms with Crippen molar-refractivity contribution in [3.8, 4) is 0 Å². The van der Waals surface area contributed by atoms with Gasteiger partial charge in [-0.25, -0.2) is 9.69 Å². The normalized spacial score (nSPS) is 29.4. The van der Waals surface area contributed by atoms with E-state index in [4.69, 9.17) is 4.74 Å². The quantitative estimate of drug-likeness (QED) is 0.727. The van der Waals surface area contributed by atoms with Crippen LogP contribution < -0.4 is 10.2 Å². The summed E-state index contributed by atoms with van der Waals surface area (Å²) in [5.41, 5.74) is 0.812. The van der Waals surface area contributed by atoms with E-state index >= 15 is 0 Å². The lowest BCUT2D eigenvalue weighted by atomic mass is 9.93. The first-order valence-electron chi connectivity index (χ1n) is 5.36. The zero-order valence-corrected chi connectivity index (χ0v) is 9.57. The molecule has 2 heterocycles. The molecule has 84 valence electrons. The minimum atomic E-state index is -0.552. The first-order valence-corrected chi connectivity index (χ1v) is 5.36. The second-order valence-corrected chi connectivity index (χ2v) is 4.93. The number of amides is 1. The molecule has 0 spiro atoms. The predicted molar refractivity (Wildman–Crippen MR) is 61.5 cm³/mol. The van der Waals surface area contributed by atoms with Crippen LogP contribution in [0.15, 0.2) is 24.3 Å². The van der Waals surface area contributed by atoms with E-state index in [1.807, 2.05) is 45.0 Å². The first-order chi connectivity index (χ1) is 7.46. The van der Waals surface area contributed by atoms with Gasteiger partial charge in [0.2, 0.25) is 0 Å². The lowest BCUT2D eigenvalue weighted by molar-refractivity contribution is 0.0493. The standard InChI is InChI=1S/C12H14N2O2/c1-11(2)12(3)13-8-6-4-5-7-9(8)14(12)10(15)16-11/h4-7,13H,1-3H3. The zero-order chi connectivity index (χ0) is 11.6. The van der Waals surface area contributed by atoms with Gasteiger partial charge in [-0.05, 0) is 32.9 Å². The number of fused-ring (bicyclic) bond motifs is 3. The van der Waals surface area contributed by atoms with Crippen molar-refractivity contribution in [2.75, 3.05) is 10.2 Å². The summed E-state index contributed by atoms with van der Waals surface area (Å²) in [7, 11) is 0. The number of hydrogen-bond donors (Lipinski definition) is 1. The molecule has 0 aromatic heterocycles. The van der Waals surface area contributed by atoms with Crippen LogP contribution in [0.3, 0.4) is 0 Å². The van der Waals surface area contributed by atoms with Crippen molar-refractivity contribution in [3.05, 3.63) is 24.3 Å². The monoisotopic (exact) mass is 218 g/mol. The Kier molecular flexibility index (Phi) is 1.49. The second-order valence-electron chi connectivity index (χ2n) is 4.93. The molecular weight excluding hydrogens is 204 g/mol. The van der Waals surface area contributed by atoms with E-state index in [0.717, 1.165) is 11.4 Å². The number of para-hydroxylation sites is 2. The fourth-order valence-corrected chi connectivity index (χ4v) is 2.40. The molecule has 1 aromatic rings. The van der Waals surface area contributed by atoms with E-state index in [1.165, 1.54) is 0 Å². The Labute approximate surface area is 94.2 Å². The van der Waals surface area contributed by atoms with Gasteiger partial charge in [-0.1, -0.05) is 12.1 Å². The maximum atomic E-state index is 11.9. The highest BCUT2D eigenvalue weighted by Crippen LogP contribution is 2.49. The van der Waals surface area contributed by atoms with E-state index < -0.39 is 11.3 Å². The Morgan fingerprint density at radius 3 is 2.69 bits per heavy atom. The molecule has 0 bridgehead atoms. The summed E-state index contributed by atoms with van der Waals surface area (Å²) in [4.78, 5) is 13.6. The van der Waals surface area contributed by atoms with Crippen molar-refractivity contribution in [1.29, 1.82) is 0 Å². The van der Waals surface area contributed by atoms with Crippen LogP contribution in [0, 0.1) is 0 Å². The summed E-state index contributed by atoms with van der Waals surface area (Å²) in [5.74, 6) is 0. The van der Waals surface area contributed by atoms with Crippen LogP contribution in [-0.2, 0) is 4.74 Å². The summed E-state index contributed by atoms with van der Waals surface area (Å²) in [6, 6.07) is 7.78. The largest absolute Gasteiger partial charge is 0.439 e. The molecule has 4 nitrogen and oxygen atoms in total. The number of carbonyl (C=O) groups is 1. The van der Waals surface area contributed by atoms with Crippen LogP contribution in [0.25, 0.3) is 0 Å². The summed E-state index contributed by atoms with van der Waals surface area (Å²) >= 11 is 0. The van der Waals surface area contributed by atoms with Crippen LogP contribution in [-0.4, -0.2) is 17.4 Å². The highest BCUT2D eigenvalue weighted by molar-refractivity contribution is 6.00. The van der Waals surface area contributed by atoms with Gasteiger partial charge >= 0.3 is 6.09 Å². The molecule has 1 aromatic carbocycles. The van der Waals surface area contributed by atoms with Crippen molar-refractivity contribution >= 4 is 17.5 Å². The van der Waals surface area contributed by atoms with Gasteiger partial charge < -0.3 is 10.1 Å². The lowest BCUT2D eigenvalue weighted by Crippen LogP contribution is -2.56. The third kappa shape index (κ3) is 0.876. The Bertz CT molecular complexity index is 484. The molecule has 0 aliphatic carbocycles. The number of anilines is 2. The SMILES string of the molecule is CC1(C)OC(=O)N2c3ccccc3NC21C. The molecule has 1 fully saturated rings. The molecule has 1 atom stereocenters. The van der Waals surface area contributed by atoms with Gasteiger partial charge in [0.25, 0.3) is 0 Å². The second kappa shape index (κ2) is 2.51. The topological polar surface area (TPSA) is 41.6 Å². The highest BCUT2D eigenvalue weighted by atomic mass is 16.6. The van der Waals surface area contributed by atoms with Crippen LogP contribution >= 0.6 is 0 Å². The molecule has 1 N–H and O–H groups in total.